The van der Waals surface area contributed by atoms with E-state index in [1.54, 1.807) is 18.2 Å². The van der Waals surface area contributed by atoms with Crippen LogP contribution in [0.1, 0.15) is 16.7 Å². The molecular formula is C24H21BrN2O5S. The van der Waals surface area contributed by atoms with E-state index in [2.05, 4.69) is 27.2 Å². The van der Waals surface area contributed by atoms with Crippen molar-refractivity contribution in [2.45, 2.75) is 13.8 Å². The van der Waals surface area contributed by atoms with Gasteiger partial charge in [0.05, 0.1) is 16.5 Å². The van der Waals surface area contributed by atoms with E-state index in [0.29, 0.717) is 27.2 Å². The summed E-state index contributed by atoms with van der Waals surface area (Å²) >= 11 is 4.18. The Kier molecular flexibility index (Phi) is 7.84. The summed E-state index contributed by atoms with van der Waals surface area (Å²) in [6, 6.07) is 9.03. The summed E-state index contributed by atoms with van der Waals surface area (Å²) in [5, 5.41) is 2.28. The third kappa shape index (κ3) is 5.59. The van der Waals surface area contributed by atoms with Crippen LogP contribution in [-0.2, 0) is 9.59 Å². The van der Waals surface area contributed by atoms with Gasteiger partial charge in [-0.15, -0.1) is 6.42 Å². The van der Waals surface area contributed by atoms with Gasteiger partial charge in [0, 0.05) is 5.69 Å². The van der Waals surface area contributed by atoms with Crippen LogP contribution in [0.4, 0.5) is 10.5 Å². The molecule has 1 aliphatic rings. The number of para-hydroxylation sites is 1. The zero-order valence-electron chi connectivity index (χ0n) is 18.2. The first-order chi connectivity index (χ1) is 15.7. The number of methoxy groups -OCH3 is 1. The zero-order valence-corrected chi connectivity index (χ0v) is 20.6. The van der Waals surface area contributed by atoms with Crippen LogP contribution in [0, 0.1) is 26.2 Å². The number of terminal acetylenes is 1. The molecule has 0 atom stereocenters. The molecular weight excluding hydrogens is 508 g/mol. The Labute approximate surface area is 204 Å². The number of benzene rings is 2. The number of carbonyl (C=O) groups excluding carboxylic acids is 3. The van der Waals surface area contributed by atoms with Gasteiger partial charge in [-0.05, 0) is 76.4 Å². The van der Waals surface area contributed by atoms with Gasteiger partial charge >= 0.3 is 0 Å². The average Bonchev–Trinajstić information content (AvgIpc) is 3.02. The maximum atomic E-state index is 12.8. The third-order valence-electron chi connectivity index (χ3n) is 4.77. The number of ether oxygens (including phenoxy) is 2. The fourth-order valence-electron chi connectivity index (χ4n) is 3.20. The molecule has 0 aromatic heterocycles. The Morgan fingerprint density at radius 2 is 1.97 bits per heavy atom. The molecule has 0 spiro atoms. The van der Waals surface area contributed by atoms with Gasteiger partial charge in [-0.1, -0.05) is 24.1 Å². The summed E-state index contributed by atoms with van der Waals surface area (Å²) in [5.74, 6) is 2.25. The summed E-state index contributed by atoms with van der Waals surface area (Å²) in [7, 11) is 1.48. The second-order valence-corrected chi connectivity index (χ2v) is 8.96. The van der Waals surface area contributed by atoms with E-state index in [1.165, 1.54) is 7.11 Å². The number of carbonyl (C=O) groups is 3. The van der Waals surface area contributed by atoms with E-state index >= 15 is 0 Å². The van der Waals surface area contributed by atoms with Crippen molar-refractivity contribution in [2.24, 2.45) is 0 Å². The molecule has 1 heterocycles. The van der Waals surface area contributed by atoms with Gasteiger partial charge < -0.3 is 14.8 Å². The highest BCUT2D eigenvalue weighted by Crippen LogP contribution is 2.39. The summed E-state index contributed by atoms with van der Waals surface area (Å²) in [4.78, 5) is 39.0. The number of nitrogens with zero attached hydrogens (tertiary/aromatic N) is 1. The molecule has 2 aromatic carbocycles. The number of hydrogen-bond acceptors (Lipinski definition) is 6. The third-order valence-corrected chi connectivity index (χ3v) is 6.27. The molecule has 2 aromatic rings. The second kappa shape index (κ2) is 10.6. The lowest BCUT2D eigenvalue weighted by atomic mass is 10.1. The highest BCUT2D eigenvalue weighted by atomic mass is 79.9. The molecule has 3 amide bonds. The van der Waals surface area contributed by atoms with Crippen molar-refractivity contribution in [1.82, 2.24) is 4.90 Å². The molecule has 0 saturated carbocycles. The molecule has 9 heteroatoms. The molecule has 1 N–H and O–H groups in total. The second-order valence-electron chi connectivity index (χ2n) is 7.11. The standard InChI is InChI=1S/C24H21BrN2O5S/c1-5-9-32-22-17(25)10-16(11-18(22)31-4)12-19-23(29)27(24(30)33-19)13-20(28)26-21-14(2)7-6-8-15(21)3/h1,6-8,10-12H,9,13H2,2-4H3,(H,26,28)/b19-12-. The average molecular weight is 529 g/mol. The normalized spacial score (nSPS) is 14.4. The summed E-state index contributed by atoms with van der Waals surface area (Å²) in [6.45, 7) is 3.44. The highest BCUT2D eigenvalue weighted by Gasteiger charge is 2.36. The van der Waals surface area contributed by atoms with Crippen molar-refractivity contribution in [1.29, 1.82) is 0 Å². The van der Waals surface area contributed by atoms with Gasteiger partial charge in [0.15, 0.2) is 11.5 Å². The van der Waals surface area contributed by atoms with Crippen LogP contribution in [0.2, 0.25) is 0 Å². The zero-order chi connectivity index (χ0) is 24.1. The number of halogens is 1. The predicted octanol–water partition coefficient (Wildman–Crippen LogP) is 4.76. The highest BCUT2D eigenvalue weighted by molar-refractivity contribution is 9.10. The number of aryl methyl sites for hydroxylation is 2. The minimum Gasteiger partial charge on any atom is -0.493 e. The Morgan fingerprint density at radius 1 is 1.27 bits per heavy atom. The van der Waals surface area contributed by atoms with Crippen LogP contribution in [0.5, 0.6) is 11.5 Å². The number of thioether (sulfide) groups is 1. The van der Waals surface area contributed by atoms with Gasteiger partial charge in [0.2, 0.25) is 5.91 Å². The van der Waals surface area contributed by atoms with E-state index < -0.39 is 17.1 Å². The Bertz CT molecular complexity index is 1180. The molecule has 0 aliphatic carbocycles. The molecule has 1 fully saturated rings. The maximum Gasteiger partial charge on any atom is 0.294 e. The van der Waals surface area contributed by atoms with Gasteiger partial charge in [0.1, 0.15) is 13.2 Å². The summed E-state index contributed by atoms with van der Waals surface area (Å²) in [5.41, 5.74) is 3.07. The van der Waals surface area contributed by atoms with Gasteiger partial charge in [-0.3, -0.25) is 19.3 Å². The number of rotatable bonds is 7. The quantitative estimate of drug-likeness (QED) is 0.411. The number of imide groups is 1. The molecule has 1 aliphatic heterocycles. The number of nitrogens with one attached hydrogen (secondary N) is 1. The van der Waals surface area contributed by atoms with Crippen LogP contribution in [0.3, 0.4) is 0 Å². The van der Waals surface area contributed by atoms with Gasteiger partial charge in [0.25, 0.3) is 11.1 Å². The maximum absolute atomic E-state index is 12.8. The first-order valence-electron chi connectivity index (χ1n) is 9.80. The molecule has 170 valence electrons. The SMILES string of the molecule is C#CCOc1c(Br)cc(/C=C2\SC(=O)N(CC(=O)Nc3c(C)cccc3C)C2=O)cc1OC. The van der Waals surface area contributed by atoms with E-state index in [-0.39, 0.29) is 18.1 Å². The molecule has 33 heavy (non-hydrogen) atoms. The number of hydrogen-bond donors (Lipinski definition) is 1. The van der Waals surface area contributed by atoms with E-state index in [1.807, 2.05) is 32.0 Å². The Morgan fingerprint density at radius 3 is 2.61 bits per heavy atom. The van der Waals surface area contributed by atoms with Crippen molar-refractivity contribution in [3.8, 4) is 23.8 Å². The fraction of sp³-hybridized carbons (Fsp3) is 0.208. The van der Waals surface area contributed by atoms with Crippen LogP contribution >= 0.6 is 27.7 Å². The van der Waals surface area contributed by atoms with Crippen LogP contribution in [0.25, 0.3) is 6.08 Å². The molecule has 0 radical (unpaired) electrons. The smallest absolute Gasteiger partial charge is 0.294 e. The lowest BCUT2D eigenvalue weighted by Crippen LogP contribution is -2.36. The number of amides is 3. The summed E-state index contributed by atoms with van der Waals surface area (Å²) < 4.78 is 11.4. The predicted molar refractivity (Wildman–Crippen MR) is 132 cm³/mol. The fourth-order valence-corrected chi connectivity index (χ4v) is 4.61. The largest absolute Gasteiger partial charge is 0.493 e. The molecule has 0 unspecified atom stereocenters. The molecule has 3 rings (SSSR count). The Balaban J connectivity index is 1.78. The molecule has 1 saturated heterocycles. The number of anilines is 1. The van der Waals surface area contributed by atoms with E-state index in [0.717, 1.165) is 27.8 Å². The monoisotopic (exact) mass is 528 g/mol. The minimum atomic E-state index is -0.538. The topological polar surface area (TPSA) is 84.9 Å². The van der Waals surface area contributed by atoms with E-state index in [9.17, 15) is 14.4 Å². The van der Waals surface area contributed by atoms with Crippen LogP contribution in [0.15, 0.2) is 39.7 Å². The van der Waals surface area contributed by atoms with Crippen molar-refractivity contribution >= 4 is 56.5 Å². The van der Waals surface area contributed by atoms with E-state index in [4.69, 9.17) is 15.9 Å². The van der Waals surface area contributed by atoms with Crippen molar-refractivity contribution in [2.75, 3.05) is 25.6 Å². The molecule has 0 bridgehead atoms. The lowest BCUT2D eigenvalue weighted by molar-refractivity contribution is -0.127. The van der Waals surface area contributed by atoms with Gasteiger partial charge in [-0.25, -0.2) is 0 Å². The van der Waals surface area contributed by atoms with Gasteiger partial charge in [-0.2, -0.15) is 0 Å². The van der Waals surface area contributed by atoms with Crippen molar-refractivity contribution in [3.63, 3.8) is 0 Å². The molecule has 7 nitrogen and oxygen atoms in total. The van der Waals surface area contributed by atoms with Crippen LogP contribution in [-0.4, -0.2) is 42.2 Å². The lowest BCUT2D eigenvalue weighted by Gasteiger charge is -2.15. The van der Waals surface area contributed by atoms with Crippen molar-refractivity contribution < 1.29 is 23.9 Å². The minimum absolute atomic E-state index is 0.0668. The summed E-state index contributed by atoms with van der Waals surface area (Å²) in [6.07, 6.45) is 6.81. The first-order valence-corrected chi connectivity index (χ1v) is 11.4. The first kappa shape index (κ1) is 24.4. The Hall–Kier alpha value is -3.22. The van der Waals surface area contributed by atoms with Crippen molar-refractivity contribution in [3.05, 3.63) is 56.4 Å². The van der Waals surface area contributed by atoms with Crippen LogP contribution < -0.4 is 14.8 Å².